The predicted molar refractivity (Wildman–Crippen MR) is 86.1 cm³/mol. The number of aliphatic hydroxyl groups is 1. The molecule has 5 nitrogen and oxygen atoms in total. The molecule has 0 spiro atoms. The number of hydrogen-bond acceptors (Lipinski definition) is 5. The van der Waals surface area contributed by atoms with E-state index in [2.05, 4.69) is 4.90 Å². The number of aliphatic hydroxyl groups excluding tert-OH is 1. The summed E-state index contributed by atoms with van der Waals surface area (Å²) in [5.41, 5.74) is 0. The molecule has 1 aromatic rings. The molecule has 0 aliphatic carbocycles. The van der Waals surface area contributed by atoms with Crippen LogP contribution in [0.3, 0.4) is 0 Å². The Balaban J connectivity index is 1.80. The molecule has 1 atom stereocenters. The van der Waals surface area contributed by atoms with Gasteiger partial charge in [0.2, 0.25) is 10.0 Å². The van der Waals surface area contributed by atoms with Crippen LogP contribution in [0.25, 0.3) is 0 Å². The van der Waals surface area contributed by atoms with Crippen molar-refractivity contribution >= 4 is 21.4 Å². The quantitative estimate of drug-likeness (QED) is 0.809. The van der Waals surface area contributed by atoms with E-state index >= 15 is 0 Å². The van der Waals surface area contributed by atoms with Crippen LogP contribution in [0.4, 0.5) is 0 Å². The fourth-order valence-electron chi connectivity index (χ4n) is 2.43. The highest BCUT2D eigenvalue weighted by atomic mass is 32.2. The standard InChI is InChI=1S/C14H24N2O3S2/c1-2-13(17)12-15-6-8-16(9-7-15)21(18,19)11-5-14-4-3-10-20-14/h3-4,10,13,17H,2,5-9,11-12H2,1H3/t13-/m0/s1. The normalized spacial score (nSPS) is 19.7. The first-order valence-electron chi connectivity index (χ1n) is 7.42. The summed E-state index contributed by atoms with van der Waals surface area (Å²) in [5.74, 6) is 0.186. The molecule has 0 bridgehead atoms. The maximum Gasteiger partial charge on any atom is 0.214 e. The second-order valence-corrected chi connectivity index (χ2v) is 8.53. The summed E-state index contributed by atoms with van der Waals surface area (Å²) in [5, 5.41) is 11.6. The zero-order chi connectivity index (χ0) is 15.3. The van der Waals surface area contributed by atoms with Crippen LogP contribution in [0, 0.1) is 0 Å². The van der Waals surface area contributed by atoms with E-state index < -0.39 is 10.0 Å². The van der Waals surface area contributed by atoms with Crippen LogP contribution in [0.2, 0.25) is 0 Å². The Bertz CT molecular complexity index is 508. The van der Waals surface area contributed by atoms with Crippen molar-refractivity contribution in [3.8, 4) is 0 Å². The molecule has 2 rings (SSSR count). The lowest BCUT2D eigenvalue weighted by Crippen LogP contribution is -2.50. The topological polar surface area (TPSA) is 60.9 Å². The molecule has 1 saturated heterocycles. The molecule has 0 amide bonds. The van der Waals surface area contributed by atoms with Gasteiger partial charge >= 0.3 is 0 Å². The number of nitrogens with zero attached hydrogens (tertiary/aromatic N) is 2. The molecular formula is C14H24N2O3S2. The minimum absolute atomic E-state index is 0.186. The Morgan fingerprint density at radius 3 is 2.62 bits per heavy atom. The molecule has 21 heavy (non-hydrogen) atoms. The lowest BCUT2D eigenvalue weighted by molar-refractivity contribution is 0.0896. The lowest BCUT2D eigenvalue weighted by atomic mass is 10.2. The highest BCUT2D eigenvalue weighted by molar-refractivity contribution is 7.89. The third kappa shape index (κ3) is 5.03. The molecular weight excluding hydrogens is 308 g/mol. The van der Waals surface area contributed by atoms with Crippen molar-refractivity contribution in [3.05, 3.63) is 22.4 Å². The van der Waals surface area contributed by atoms with Gasteiger partial charge in [-0.05, 0) is 24.3 Å². The van der Waals surface area contributed by atoms with Crippen molar-refractivity contribution in [2.75, 3.05) is 38.5 Å². The van der Waals surface area contributed by atoms with E-state index in [0.717, 1.165) is 11.3 Å². The Labute approximate surface area is 131 Å². The molecule has 7 heteroatoms. The van der Waals surface area contributed by atoms with Gasteiger partial charge in [0.25, 0.3) is 0 Å². The van der Waals surface area contributed by atoms with Gasteiger partial charge < -0.3 is 5.11 Å². The van der Waals surface area contributed by atoms with Gasteiger partial charge in [-0.25, -0.2) is 8.42 Å². The third-order valence-corrected chi connectivity index (χ3v) is 6.66. The van der Waals surface area contributed by atoms with Gasteiger partial charge in [-0.2, -0.15) is 4.31 Å². The maximum absolute atomic E-state index is 12.3. The van der Waals surface area contributed by atoms with Gasteiger partial charge in [-0.1, -0.05) is 13.0 Å². The lowest BCUT2D eigenvalue weighted by Gasteiger charge is -2.34. The van der Waals surface area contributed by atoms with Crippen molar-refractivity contribution < 1.29 is 13.5 Å². The van der Waals surface area contributed by atoms with Gasteiger partial charge in [-0.3, -0.25) is 4.90 Å². The van der Waals surface area contributed by atoms with Gasteiger partial charge in [-0.15, -0.1) is 11.3 Å². The van der Waals surface area contributed by atoms with Crippen molar-refractivity contribution in [1.82, 2.24) is 9.21 Å². The number of rotatable bonds is 7. The largest absolute Gasteiger partial charge is 0.392 e. The van der Waals surface area contributed by atoms with Crippen LogP contribution in [-0.2, 0) is 16.4 Å². The second kappa shape index (κ2) is 7.69. The molecule has 1 aliphatic heterocycles. The third-order valence-electron chi connectivity index (χ3n) is 3.85. The first kappa shape index (κ1) is 16.9. The predicted octanol–water partition coefficient (Wildman–Crippen LogP) is 1.01. The van der Waals surface area contributed by atoms with Crippen molar-refractivity contribution in [2.24, 2.45) is 0 Å². The van der Waals surface area contributed by atoms with E-state index in [0.29, 0.717) is 39.1 Å². The summed E-state index contributed by atoms with van der Waals surface area (Å²) in [4.78, 5) is 3.25. The van der Waals surface area contributed by atoms with Crippen LogP contribution in [0.15, 0.2) is 17.5 Å². The Morgan fingerprint density at radius 2 is 2.05 bits per heavy atom. The Morgan fingerprint density at radius 1 is 1.33 bits per heavy atom. The van der Waals surface area contributed by atoms with Crippen molar-refractivity contribution in [2.45, 2.75) is 25.9 Å². The maximum atomic E-state index is 12.3. The molecule has 0 aromatic carbocycles. The monoisotopic (exact) mass is 332 g/mol. The summed E-state index contributed by atoms with van der Waals surface area (Å²) in [6, 6.07) is 3.93. The molecule has 1 N–H and O–H groups in total. The zero-order valence-electron chi connectivity index (χ0n) is 12.4. The summed E-state index contributed by atoms with van der Waals surface area (Å²) in [7, 11) is -3.17. The fraction of sp³-hybridized carbons (Fsp3) is 0.714. The number of aryl methyl sites for hydroxylation is 1. The molecule has 120 valence electrons. The molecule has 1 fully saturated rings. The Hall–Kier alpha value is -0.470. The van der Waals surface area contributed by atoms with E-state index in [-0.39, 0.29) is 11.9 Å². The van der Waals surface area contributed by atoms with E-state index in [1.807, 2.05) is 24.4 Å². The van der Waals surface area contributed by atoms with Crippen molar-refractivity contribution in [1.29, 1.82) is 0 Å². The van der Waals surface area contributed by atoms with Gasteiger partial charge in [0.1, 0.15) is 0 Å². The van der Waals surface area contributed by atoms with Gasteiger partial charge in [0.05, 0.1) is 11.9 Å². The number of piperazine rings is 1. The number of thiophene rings is 1. The average Bonchev–Trinajstić information content (AvgIpc) is 2.99. The van der Waals surface area contributed by atoms with Crippen molar-refractivity contribution in [3.63, 3.8) is 0 Å². The highest BCUT2D eigenvalue weighted by Crippen LogP contribution is 2.14. The van der Waals surface area contributed by atoms with Crippen LogP contribution >= 0.6 is 11.3 Å². The summed E-state index contributed by atoms with van der Waals surface area (Å²) >= 11 is 1.60. The molecule has 0 radical (unpaired) electrons. The van der Waals surface area contributed by atoms with Gasteiger partial charge in [0.15, 0.2) is 0 Å². The second-order valence-electron chi connectivity index (χ2n) is 5.41. The number of hydrogen-bond donors (Lipinski definition) is 1. The van der Waals surface area contributed by atoms with Gasteiger partial charge in [0, 0.05) is 37.6 Å². The van der Waals surface area contributed by atoms with E-state index in [1.54, 1.807) is 15.6 Å². The first-order chi connectivity index (χ1) is 10.0. The summed E-state index contributed by atoms with van der Waals surface area (Å²) < 4.78 is 26.2. The van der Waals surface area contributed by atoms with E-state index in [9.17, 15) is 13.5 Å². The SMILES string of the molecule is CC[C@H](O)CN1CCN(S(=O)(=O)CCc2cccs2)CC1. The number of sulfonamides is 1. The first-order valence-corrected chi connectivity index (χ1v) is 9.91. The smallest absolute Gasteiger partial charge is 0.214 e. The highest BCUT2D eigenvalue weighted by Gasteiger charge is 2.27. The minimum atomic E-state index is -3.17. The Kier molecular flexibility index (Phi) is 6.19. The van der Waals surface area contributed by atoms with Crippen LogP contribution < -0.4 is 0 Å². The summed E-state index contributed by atoms with van der Waals surface area (Å²) in [6.45, 7) is 5.06. The molecule has 0 unspecified atom stereocenters. The zero-order valence-corrected chi connectivity index (χ0v) is 14.1. The average molecular weight is 332 g/mol. The van der Waals surface area contributed by atoms with E-state index in [4.69, 9.17) is 0 Å². The van der Waals surface area contributed by atoms with E-state index in [1.165, 1.54) is 0 Å². The minimum Gasteiger partial charge on any atom is -0.392 e. The fourth-order valence-corrected chi connectivity index (χ4v) is 4.72. The molecule has 1 aromatic heterocycles. The van der Waals surface area contributed by atoms with Crippen LogP contribution in [0.1, 0.15) is 18.2 Å². The molecule has 0 saturated carbocycles. The molecule has 2 heterocycles. The van der Waals surface area contributed by atoms with Crippen LogP contribution in [-0.4, -0.2) is 67.3 Å². The summed E-state index contributed by atoms with van der Waals surface area (Å²) in [6.07, 6.45) is 1.01. The molecule has 1 aliphatic rings. The number of β-amino-alcohol motifs (C(OH)–C–C–N with tert-alkyl or cyclic N) is 1. The van der Waals surface area contributed by atoms with Crippen LogP contribution in [0.5, 0.6) is 0 Å².